The average molecular weight is 262 g/mol. The maximum atomic E-state index is 6.23. The van der Waals surface area contributed by atoms with E-state index in [2.05, 4.69) is 44.2 Å². The standard InChI is InChI=1S/C17H26O.CH4/c1-14(2)13-18-17(15-9-5-3-6-10-15)16-11-7-4-8-12-16;/h3,5-6,9-10,14,16-17H,4,7-8,11-13H2,1-2H3;1H4. The zero-order valence-electron chi connectivity index (χ0n) is 11.8. The molecule has 1 unspecified atom stereocenters. The summed E-state index contributed by atoms with van der Waals surface area (Å²) >= 11 is 0. The number of hydrogen-bond donors (Lipinski definition) is 0. The lowest BCUT2D eigenvalue weighted by molar-refractivity contribution is -0.0141. The van der Waals surface area contributed by atoms with E-state index in [0.29, 0.717) is 12.0 Å². The van der Waals surface area contributed by atoms with Crippen LogP contribution in [0.25, 0.3) is 0 Å². The molecule has 19 heavy (non-hydrogen) atoms. The van der Waals surface area contributed by atoms with E-state index < -0.39 is 0 Å². The Hall–Kier alpha value is -0.820. The van der Waals surface area contributed by atoms with Crippen LogP contribution in [-0.4, -0.2) is 6.61 Å². The summed E-state index contributed by atoms with van der Waals surface area (Å²) < 4.78 is 6.23. The van der Waals surface area contributed by atoms with Crippen LogP contribution in [0.1, 0.15) is 65.0 Å². The summed E-state index contributed by atoms with van der Waals surface area (Å²) in [5.74, 6) is 1.33. The van der Waals surface area contributed by atoms with Gasteiger partial charge in [-0.25, -0.2) is 0 Å². The minimum Gasteiger partial charge on any atom is -0.373 e. The fraction of sp³-hybridized carbons (Fsp3) is 0.667. The molecular formula is C18H30O. The third-order valence-corrected chi connectivity index (χ3v) is 3.82. The van der Waals surface area contributed by atoms with Crippen molar-refractivity contribution in [2.24, 2.45) is 11.8 Å². The molecule has 1 aliphatic carbocycles. The molecule has 0 bridgehead atoms. The molecule has 0 heterocycles. The molecule has 1 nitrogen and oxygen atoms in total. The molecule has 108 valence electrons. The number of rotatable bonds is 5. The molecule has 1 saturated carbocycles. The molecule has 1 heteroatoms. The van der Waals surface area contributed by atoms with Crippen molar-refractivity contribution in [1.29, 1.82) is 0 Å². The Morgan fingerprint density at radius 3 is 2.26 bits per heavy atom. The van der Waals surface area contributed by atoms with Crippen molar-refractivity contribution < 1.29 is 4.74 Å². The van der Waals surface area contributed by atoms with Crippen LogP contribution in [0.5, 0.6) is 0 Å². The fourth-order valence-electron chi connectivity index (χ4n) is 2.88. The summed E-state index contributed by atoms with van der Waals surface area (Å²) in [5, 5.41) is 0. The molecule has 1 aliphatic rings. The highest BCUT2D eigenvalue weighted by Crippen LogP contribution is 2.37. The van der Waals surface area contributed by atoms with E-state index in [1.807, 2.05) is 0 Å². The SMILES string of the molecule is C.CC(C)COC(c1ccccc1)C1CCCCC1. The Morgan fingerprint density at radius 2 is 1.68 bits per heavy atom. The van der Waals surface area contributed by atoms with Gasteiger partial charge in [-0.05, 0) is 30.2 Å². The molecule has 1 aromatic rings. The van der Waals surface area contributed by atoms with Crippen molar-refractivity contribution in [1.82, 2.24) is 0 Å². The Labute approximate surface area is 119 Å². The van der Waals surface area contributed by atoms with Gasteiger partial charge in [-0.1, -0.05) is 70.9 Å². The van der Waals surface area contributed by atoms with Crippen LogP contribution in [0.4, 0.5) is 0 Å². The van der Waals surface area contributed by atoms with Gasteiger partial charge >= 0.3 is 0 Å². The third kappa shape index (κ3) is 4.99. The Kier molecular flexibility index (Phi) is 7.15. The van der Waals surface area contributed by atoms with Crippen LogP contribution in [0.2, 0.25) is 0 Å². The van der Waals surface area contributed by atoms with Crippen molar-refractivity contribution in [2.45, 2.75) is 59.5 Å². The van der Waals surface area contributed by atoms with E-state index in [4.69, 9.17) is 4.74 Å². The normalized spacial score (nSPS) is 18.1. The van der Waals surface area contributed by atoms with E-state index in [-0.39, 0.29) is 7.43 Å². The third-order valence-electron chi connectivity index (χ3n) is 3.82. The second-order valence-electron chi connectivity index (χ2n) is 5.96. The number of ether oxygens (including phenoxy) is 1. The van der Waals surface area contributed by atoms with E-state index in [0.717, 1.165) is 12.5 Å². The van der Waals surface area contributed by atoms with Crippen molar-refractivity contribution in [3.8, 4) is 0 Å². The molecule has 2 rings (SSSR count). The highest BCUT2D eigenvalue weighted by atomic mass is 16.5. The van der Waals surface area contributed by atoms with Gasteiger partial charge in [0.1, 0.15) is 0 Å². The summed E-state index contributed by atoms with van der Waals surface area (Å²) in [7, 11) is 0. The van der Waals surface area contributed by atoms with Crippen molar-refractivity contribution in [3.63, 3.8) is 0 Å². The molecule has 0 saturated heterocycles. The quantitative estimate of drug-likeness (QED) is 0.669. The van der Waals surface area contributed by atoms with Crippen LogP contribution in [-0.2, 0) is 4.74 Å². The van der Waals surface area contributed by atoms with E-state index in [1.165, 1.54) is 37.7 Å². The summed E-state index contributed by atoms with van der Waals surface area (Å²) in [4.78, 5) is 0. The topological polar surface area (TPSA) is 9.23 Å². The Balaban J connectivity index is 0.00000180. The van der Waals surface area contributed by atoms with Crippen molar-refractivity contribution in [2.75, 3.05) is 6.61 Å². The van der Waals surface area contributed by atoms with Crippen LogP contribution in [0.15, 0.2) is 30.3 Å². The lowest BCUT2D eigenvalue weighted by Crippen LogP contribution is -2.20. The first-order valence-electron chi connectivity index (χ1n) is 7.44. The Bertz CT molecular complexity index is 325. The summed E-state index contributed by atoms with van der Waals surface area (Å²) in [6, 6.07) is 10.8. The van der Waals surface area contributed by atoms with E-state index in [9.17, 15) is 0 Å². The van der Waals surface area contributed by atoms with Crippen LogP contribution in [0.3, 0.4) is 0 Å². The molecule has 1 aromatic carbocycles. The predicted octanol–water partition coefficient (Wildman–Crippen LogP) is 5.62. The van der Waals surface area contributed by atoms with Gasteiger partial charge in [-0.15, -0.1) is 0 Å². The van der Waals surface area contributed by atoms with Gasteiger partial charge in [0, 0.05) is 6.61 Å². The van der Waals surface area contributed by atoms with Gasteiger partial charge in [0.05, 0.1) is 6.10 Å². The van der Waals surface area contributed by atoms with Gasteiger partial charge in [0.15, 0.2) is 0 Å². The van der Waals surface area contributed by atoms with Crippen molar-refractivity contribution >= 4 is 0 Å². The van der Waals surface area contributed by atoms with Gasteiger partial charge in [-0.3, -0.25) is 0 Å². The zero-order valence-corrected chi connectivity index (χ0v) is 11.8. The zero-order chi connectivity index (χ0) is 12.8. The minimum atomic E-state index is 0. The first-order chi connectivity index (χ1) is 8.77. The summed E-state index contributed by atoms with van der Waals surface area (Å²) in [6.45, 7) is 5.32. The Morgan fingerprint density at radius 1 is 1.05 bits per heavy atom. The molecule has 0 N–H and O–H groups in total. The second kappa shape index (κ2) is 8.37. The molecule has 1 atom stereocenters. The lowest BCUT2D eigenvalue weighted by atomic mass is 9.82. The van der Waals surface area contributed by atoms with E-state index >= 15 is 0 Å². The largest absolute Gasteiger partial charge is 0.373 e. The molecular weight excluding hydrogens is 232 g/mol. The lowest BCUT2D eigenvalue weighted by Gasteiger charge is -2.31. The number of benzene rings is 1. The summed E-state index contributed by atoms with van der Waals surface area (Å²) in [6.07, 6.45) is 7.13. The highest BCUT2D eigenvalue weighted by Gasteiger charge is 2.25. The fourth-order valence-corrected chi connectivity index (χ4v) is 2.88. The van der Waals surface area contributed by atoms with Gasteiger partial charge < -0.3 is 4.74 Å². The molecule has 0 amide bonds. The molecule has 0 aliphatic heterocycles. The first-order valence-corrected chi connectivity index (χ1v) is 7.44. The van der Waals surface area contributed by atoms with Gasteiger partial charge in [-0.2, -0.15) is 0 Å². The van der Waals surface area contributed by atoms with E-state index in [1.54, 1.807) is 0 Å². The molecule has 0 aromatic heterocycles. The minimum absolute atomic E-state index is 0. The van der Waals surface area contributed by atoms with Crippen LogP contribution in [0, 0.1) is 11.8 Å². The van der Waals surface area contributed by atoms with Crippen molar-refractivity contribution in [3.05, 3.63) is 35.9 Å². The van der Waals surface area contributed by atoms with Gasteiger partial charge in [0.2, 0.25) is 0 Å². The maximum Gasteiger partial charge on any atom is 0.0853 e. The average Bonchev–Trinajstić information content (AvgIpc) is 2.41. The first kappa shape index (κ1) is 16.2. The highest BCUT2D eigenvalue weighted by molar-refractivity contribution is 5.18. The van der Waals surface area contributed by atoms with Crippen LogP contribution >= 0.6 is 0 Å². The maximum absolute atomic E-state index is 6.23. The molecule has 0 radical (unpaired) electrons. The summed E-state index contributed by atoms with van der Waals surface area (Å²) in [5.41, 5.74) is 1.37. The smallest absolute Gasteiger partial charge is 0.0853 e. The second-order valence-corrected chi connectivity index (χ2v) is 5.96. The van der Waals surface area contributed by atoms with Gasteiger partial charge in [0.25, 0.3) is 0 Å². The number of hydrogen-bond acceptors (Lipinski definition) is 1. The predicted molar refractivity (Wildman–Crippen MR) is 83.3 cm³/mol. The monoisotopic (exact) mass is 262 g/mol. The van der Waals surface area contributed by atoms with Crippen LogP contribution < -0.4 is 0 Å². The molecule has 1 fully saturated rings. The molecule has 0 spiro atoms.